The molecule has 17 heavy (non-hydrogen) atoms. The van der Waals surface area contributed by atoms with Gasteiger partial charge in [-0.25, -0.2) is 4.79 Å². The van der Waals surface area contributed by atoms with E-state index in [1.54, 1.807) is 37.6 Å². The molecule has 1 aromatic carbocycles. The SMILES string of the molecule is COC(=O)c1ccc(-c2ccco2)c(OC)c1. The number of furan rings is 1. The number of methoxy groups -OCH3 is 2. The van der Waals surface area contributed by atoms with Gasteiger partial charge in [-0.05, 0) is 30.3 Å². The molecule has 0 spiro atoms. The number of benzene rings is 1. The summed E-state index contributed by atoms with van der Waals surface area (Å²) >= 11 is 0. The van der Waals surface area contributed by atoms with Crippen molar-refractivity contribution in [2.75, 3.05) is 14.2 Å². The van der Waals surface area contributed by atoms with Gasteiger partial charge in [-0.15, -0.1) is 0 Å². The standard InChI is InChI=1S/C13H12O4/c1-15-12-8-9(13(14)16-2)5-6-10(12)11-4-3-7-17-11/h3-8H,1-2H3. The topological polar surface area (TPSA) is 48.7 Å². The number of esters is 1. The van der Waals surface area contributed by atoms with Gasteiger partial charge in [0.25, 0.3) is 0 Å². The number of hydrogen-bond donors (Lipinski definition) is 0. The normalized spacial score (nSPS) is 10.0. The second-order valence-electron chi connectivity index (χ2n) is 3.38. The van der Waals surface area contributed by atoms with Crippen LogP contribution in [0.5, 0.6) is 5.75 Å². The van der Waals surface area contributed by atoms with Crippen LogP contribution in [-0.2, 0) is 4.74 Å². The Bertz CT molecular complexity index is 514. The first-order chi connectivity index (χ1) is 8.26. The third-order valence-electron chi connectivity index (χ3n) is 2.41. The second-order valence-corrected chi connectivity index (χ2v) is 3.38. The molecule has 0 unspecified atom stereocenters. The lowest BCUT2D eigenvalue weighted by Gasteiger charge is -2.07. The molecule has 0 aliphatic carbocycles. The average Bonchev–Trinajstić information content (AvgIpc) is 2.90. The molecule has 1 aromatic heterocycles. The molecule has 0 aliphatic heterocycles. The minimum Gasteiger partial charge on any atom is -0.496 e. The second kappa shape index (κ2) is 4.74. The Labute approximate surface area is 98.8 Å². The molecule has 0 saturated carbocycles. The van der Waals surface area contributed by atoms with Gasteiger partial charge >= 0.3 is 5.97 Å². The predicted molar refractivity (Wildman–Crippen MR) is 62.0 cm³/mol. The Hall–Kier alpha value is -2.23. The van der Waals surface area contributed by atoms with Crippen LogP contribution >= 0.6 is 0 Å². The first kappa shape index (κ1) is 11.3. The summed E-state index contributed by atoms with van der Waals surface area (Å²) in [6.07, 6.45) is 1.59. The predicted octanol–water partition coefficient (Wildman–Crippen LogP) is 2.74. The van der Waals surface area contributed by atoms with E-state index < -0.39 is 5.97 Å². The Kier molecular flexibility index (Phi) is 3.14. The zero-order chi connectivity index (χ0) is 12.3. The number of rotatable bonds is 3. The third-order valence-corrected chi connectivity index (χ3v) is 2.41. The monoisotopic (exact) mass is 232 g/mol. The molecule has 4 heteroatoms. The van der Waals surface area contributed by atoms with Crippen molar-refractivity contribution in [2.24, 2.45) is 0 Å². The van der Waals surface area contributed by atoms with Gasteiger partial charge in [0.2, 0.25) is 0 Å². The van der Waals surface area contributed by atoms with Crippen LogP contribution in [0.4, 0.5) is 0 Å². The maximum Gasteiger partial charge on any atom is 0.337 e. The first-order valence-electron chi connectivity index (χ1n) is 5.06. The van der Waals surface area contributed by atoms with Gasteiger partial charge < -0.3 is 13.9 Å². The van der Waals surface area contributed by atoms with E-state index in [1.807, 2.05) is 6.07 Å². The van der Waals surface area contributed by atoms with E-state index in [2.05, 4.69) is 4.74 Å². The summed E-state index contributed by atoms with van der Waals surface area (Å²) < 4.78 is 15.2. The van der Waals surface area contributed by atoms with Gasteiger partial charge in [-0.3, -0.25) is 0 Å². The molecule has 0 aliphatic rings. The maximum absolute atomic E-state index is 11.4. The van der Waals surface area contributed by atoms with Crippen molar-refractivity contribution in [3.63, 3.8) is 0 Å². The zero-order valence-corrected chi connectivity index (χ0v) is 9.60. The van der Waals surface area contributed by atoms with Gasteiger partial charge in [0, 0.05) is 0 Å². The van der Waals surface area contributed by atoms with E-state index in [4.69, 9.17) is 9.15 Å². The molecule has 0 fully saturated rings. The Balaban J connectivity index is 2.46. The highest BCUT2D eigenvalue weighted by Crippen LogP contribution is 2.31. The molecule has 88 valence electrons. The van der Waals surface area contributed by atoms with E-state index in [0.29, 0.717) is 17.1 Å². The lowest BCUT2D eigenvalue weighted by atomic mass is 10.1. The summed E-state index contributed by atoms with van der Waals surface area (Å²) in [5.74, 6) is 0.871. The van der Waals surface area contributed by atoms with E-state index in [-0.39, 0.29) is 0 Å². The van der Waals surface area contributed by atoms with E-state index in [9.17, 15) is 4.79 Å². The van der Waals surface area contributed by atoms with Crippen LogP contribution in [0.15, 0.2) is 41.0 Å². The zero-order valence-electron chi connectivity index (χ0n) is 9.60. The summed E-state index contributed by atoms with van der Waals surface area (Å²) in [5.41, 5.74) is 1.24. The van der Waals surface area contributed by atoms with Crippen molar-refractivity contribution in [3.8, 4) is 17.1 Å². The van der Waals surface area contributed by atoms with Gasteiger partial charge in [-0.2, -0.15) is 0 Å². The molecule has 1 heterocycles. The highest BCUT2D eigenvalue weighted by molar-refractivity contribution is 5.91. The molecule has 2 rings (SSSR count). The Morgan fingerprint density at radius 1 is 1.24 bits per heavy atom. The minimum atomic E-state index is -0.394. The molecule has 0 bridgehead atoms. The summed E-state index contributed by atoms with van der Waals surface area (Å²) in [6.45, 7) is 0. The summed E-state index contributed by atoms with van der Waals surface area (Å²) in [4.78, 5) is 11.4. The van der Waals surface area contributed by atoms with Crippen LogP contribution in [0.25, 0.3) is 11.3 Å². The van der Waals surface area contributed by atoms with Crippen LogP contribution in [-0.4, -0.2) is 20.2 Å². The molecule has 0 atom stereocenters. The molecular weight excluding hydrogens is 220 g/mol. The van der Waals surface area contributed by atoms with Crippen LogP contribution in [0.3, 0.4) is 0 Å². The molecule has 0 saturated heterocycles. The molecule has 0 N–H and O–H groups in total. The highest BCUT2D eigenvalue weighted by atomic mass is 16.5. The molecule has 4 nitrogen and oxygen atoms in total. The fourth-order valence-electron chi connectivity index (χ4n) is 1.57. The van der Waals surface area contributed by atoms with E-state index >= 15 is 0 Å². The van der Waals surface area contributed by atoms with Crippen molar-refractivity contribution < 1.29 is 18.7 Å². The number of carbonyl (C=O) groups is 1. The lowest BCUT2D eigenvalue weighted by Crippen LogP contribution is -2.01. The smallest absolute Gasteiger partial charge is 0.337 e. The summed E-state index contributed by atoms with van der Waals surface area (Å²) in [6, 6.07) is 8.69. The third kappa shape index (κ3) is 2.15. The van der Waals surface area contributed by atoms with Crippen molar-refractivity contribution in [3.05, 3.63) is 42.2 Å². The Morgan fingerprint density at radius 3 is 2.65 bits per heavy atom. The first-order valence-corrected chi connectivity index (χ1v) is 5.06. The van der Waals surface area contributed by atoms with E-state index in [1.165, 1.54) is 7.11 Å². The quantitative estimate of drug-likeness (QED) is 0.763. The molecular formula is C13H12O4. The van der Waals surface area contributed by atoms with Gasteiger partial charge in [-0.1, -0.05) is 0 Å². The lowest BCUT2D eigenvalue weighted by molar-refractivity contribution is 0.0600. The maximum atomic E-state index is 11.4. The van der Waals surface area contributed by atoms with Crippen LogP contribution in [0.2, 0.25) is 0 Å². The van der Waals surface area contributed by atoms with Crippen LogP contribution < -0.4 is 4.74 Å². The number of hydrogen-bond acceptors (Lipinski definition) is 4. The van der Waals surface area contributed by atoms with Crippen LogP contribution in [0.1, 0.15) is 10.4 Å². The van der Waals surface area contributed by atoms with Crippen molar-refractivity contribution in [1.82, 2.24) is 0 Å². The number of ether oxygens (including phenoxy) is 2. The van der Waals surface area contributed by atoms with Gasteiger partial charge in [0.15, 0.2) is 0 Å². The van der Waals surface area contributed by atoms with Crippen molar-refractivity contribution in [2.45, 2.75) is 0 Å². The van der Waals surface area contributed by atoms with E-state index in [0.717, 1.165) is 5.56 Å². The van der Waals surface area contributed by atoms with Gasteiger partial charge in [0.1, 0.15) is 11.5 Å². The van der Waals surface area contributed by atoms with Crippen molar-refractivity contribution >= 4 is 5.97 Å². The largest absolute Gasteiger partial charge is 0.496 e. The molecule has 0 radical (unpaired) electrons. The van der Waals surface area contributed by atoms with Crippen LogP contribution in [0, 0.1) is 0 Å². The fraction of sp³-hybridized carbons (Fsp3) is 0.154. The Morgan fingerprint density at radius 2 is 2.06 bits per heavy atom. The molecule has 0 amide bonds. The highest BCUT2D eigenvalue weighted by Gasteiger charge is 2.12. The fourth-order valence-corrected chi connectivity index (χ4v) is 1.57. The van der Waals surface area contributed by atoms with Crippen molar-refractivity contribution in [1.29, 1.82) is 0 Å². The average molecular weight is 232 g/mol. The molecule has 2 aromatic rings. The summed E-state index contributed by atoms with van der Waals surface area (Å²) in [7, 11) is 2.89. The number of carbonyl (C=O) groups excluding carboxylic acids is 1. The van der Waals surface area contributed by atoms with Gasteiger partial charge in [0.05, 0.1) is 31.6 Å². The summed E-state index contributed by atoms with van der Waals surface area (Å²) in [5, 5.41) is 0. The minimum absolute atomic E-state index is 0.394.